The molecule has 0 spiro atoms. The van der Waals surface area contributed by atoms with E-state index < -0.39 is 5.25 Å². The second kappa shape index (κ2) is 10.3. The van der Waals surface area contributed by atoms with E-state index in [0.717, 1.165) is 40.7 Å². The first-order valence-corrected chi connectivity index (χ1v) is 13.5. The highest BCUT2D eigenvalue weighted by Gasteiger charge is 2.31. The smallest absolute Gasteiger partial charge is 0.341 e. The molecule has 0 saturated heterocycles. The number of aromatic nitrogens is 2. The van der Waals surface area contributed by atoms with Gasteiger partial charge in [0.05, 0.1) is 28.5 Å². The Bertz CT molecular complexity index is 1330. The number of benzene rings is 2. The Morgan fingerprint density at radius 2 is 1.97 bits per heavy atom. The van der Waals surface area contributed by atoms with Crippen LogP contribution in [0.4, 0.5) is 5.00 Å². The van der Waals surface area contributed by atoms with Crippen molar-refractivity contribution >= 4 is 51.0 Å². The van der Waals surface area contributed by atoms with Crippen LogP contribution in [0, 0.1) is 0 Å². The summed E-state index contributed by atoms with van der Waals surface area (Å²) in [5.74, 6) is -0.126. The summed E-state index contributed by atoms with van der Waals surface area (Å²) in [5, 5.41) is 3.91. The quantitative estimate of drug-likeness (QED) is 0.231. The van der Waals surface area contributed by atoms with E-state index in [9.17, 15) is 9.59 Å². The van der Waals surface area contributed by atoms with E-state index in [1.165, 1.54) is 28.7 Å². The zero-order valence-electron chi connectivity index (χ0n) is 19.7. The molecule has 6 nitrogen and oxygen atoms in total. The summed E-state index contributed by atoms with van der Waals surface area (Å²) in [6.07, 6.45) is 2.61. The van der Waals surface area contributed by atoms with Gasteiger partial charge in [0.1, 0.15) is 5.00 Å². The predicted octanol–water partition coefficient (Wildman–Crippen LogP) is 6.19. The third-order valence-electron chi connectivity index (χ3n) is 6.28. The number of fused-ring (bicyclic) bond motifs is 2. The van der Waals surface area contributed by atoms with Crippen LogP contribution in [0.5, 0.6) is 0 Å². The highest BCUT2D eigenvalue weighted by Crippen LogP contribution is 2.43. The molecule has 0 bridgehead atoms. The number of rotatable bonds is 7. The number of amides is 1. The molecule has 35 heavy (non-hydrogen) atoms. The normalized spacial score (nSPS) is 16.0. The SMILES string of the molecule is CCOC(=O)c1c(NC(=O)C(C)Sc2nc3ccccc3[nH]2)sc2c1CCC(c1ccccc1)C2. The number of hydrogen-bond donors (Lipinski definition) is 2. The van der Waals surface area contributed by atoms with Crippen LogP contribution in [0.25, 0.3) is 11.0 Å². The van der Waals surface area contributed by atoms with Crippen molar-refractivity contribution < 1.29 is 14.3 Å². The molecule has 0 aliphatic heterocycles. The number of thiophene rings is 1. The van der Waals surface area contributed by atoms with Gasteiger partial charge in [-0.2, -0.15) is 0 Å². The van der Waals surface area contributed by atoms with Crippen LogP contribution in [0.3, 0.4) is 0 Å². The van der Waals surface area contributed by atoms with Crippen LogP contribution < -0.4 is 5.32 Å². The summed E-state index contributed by atoms with van der Waals surface area (Å²) in [6, 6.07) is 18.3. The molecule has 0 saturated carbocycles. The van der Waals surface area contributed by atoms with Gasteiger partial charge in [-0.15, -0.1) is 11.3 Å². The Balaban J connectivity index is 1.36. The van der Waals surface area contributed by atoms with E-state index in [-0.39, 0.29) is 11.9 Å². The average molecular weight is 506 g/mol. The molecule has 2 heterocycles. The maximum Gasteiger partial charge on any atom is 0.341 e. The largest absolute Gasteiger partial charge is 0.462 e. The topological polar surface area (TPSA) is 84.1 Å². The zero-order valence-corrected chi connectivity index (χ0v) is 21.3. The summed E-state index contributed by atoms with van der Waals surface area (Å²) >= 11 is 2.87. The van der Waals surface area contributed by atoms with Crippen molar-refractivity contribution in [2.75, 3.05) is 11.9 Å². The molecule has 1 amide bonds. The molecular weight excluding hydrogens is 478 g/mol. The molecule has 1 aliphatic rings. The summed E-state index contributed by atoms with van der Waals surface area (Å²) in [7, 11) is 0. The fourth-order valence-corrected chi connectivity index (χ4v) is 6.66. The fourth-order valence-electron chi connectivity index (χ4n) is 4.52. The van der Waals surface area contributed by atoms with Crippen molar-refractivity contribution in [3.63, 3.8) is 0 Å². The molecule has 2 aromatic carbocycles. The molecule has 180 valence electrons. The van der Waals surface area contributed by atoms with Crippen molar-refractivity contribution in [3.8, 4) is 0 Å². The van der Waals surface area contributed by atoms with Crippen molar-refractivity contribution in [2.24, 2.45) is 0 Å². The molecule has 2 atom stereocenters. The number of carbonyl (C=O) groups excluding carboxylic acids is 2. The monoisotopic (exact) mass is 505 g/mol. The lowest BCUT2D eigenvalue weighted by Crippen LogP contribution is -2.23. The number of H-pyrrole nitrogens is 1. The molecule has 5 rings (SSSR count). The number of thioether (sulfide) groups is 1. The Morgan fingerprint density at radius 1 is 1.20 bits per heavy atom. The van der Waals surface area contributed by atoms with Crippen molar-refractivity contribution in [1.29, 1.82) is 0 Å². The van der Waals surface area contributed by atoms with Gasteiger partial charge in [0.25, 0.3) is 0 Å². The van der Waals surface area contributed by atoms with E-state index >= 15 is 0 Å². The number of imidazole rings is 1. The number of ether oxygens (including phenoxy) is 1. The summed E-state index contributed by atoms with van der Waals surface area (Å²) in [4.78, 5) is 35.0. The van der Waals surface area contributed by atoms with E-state index in [4.69, 9.17) is 4.74 Å². The minimum absolute atomic E-state index is 0.167. The second-order valence-corrected chi connectivity index (χ2v) is 11.0. The van der Waals surface area contributed by atoms with E-state index in [1.54, 1.807) is 6.92 Å². The molecule has 8 heteroatoms. The van der Waals surface area contributed by atoms with Crippen LogP contribution in [0.15, 0.2) is 59.8 Å². The number of hydrogen-bond acceptors (Lipinski definition) is 6. The number of nitrogens with one attached hydrogen (secondary N) is 2. The molecule has 2 N–H and O–H groups in total. The number of anilines is 1. The molecule has 4 aromatic rings. The summed E-state index contributed by atoms with van der Waals surface area (Å²) in [5.41, 5.74) is 4.66. The van der Waals surface area contributed by atoms with E-state index in [2.05, 4.69) is 39.6 Å². The number of nitrogens with zero attached hydrogens (tertiary/aromatic N) is 1. The number of carbonyl (C=O) groups is 2. The highest BCUT2D eigenvalue weighted by atomic mass is 32.2. The van der Waals surface area contributed by atoms with Crippen LogP contribution in [0.1, 0.15) is 52.5 Å². The average Bonchev–Trinajstić information content (AvgIpc) is 3.44. The molecular formula is C27H27N3O3S2. The predicted molar refractivity (Wildman–Crippen MR) is 142 cm³/mol. The molecule has 1 aliphatic carbocycles. The van der Waals surface area contributed by atoms with Crippen molar-refractivity contribution in [3.05, 3.63) is 76.2 Å². The van der Waals surface area contributed by atoms with Gasteiger partial charge in [-0.05, 0) is 62.3 Å². The third-order valence-corrected chi connectivity index (χ3v) is 8.43. The Kier molecular flexibility index (Phi) is 6.92. The van der Waals surface area contributed by atoms with Crippen LogP contribution >= 0.6 is 23.1 Å². The lowest BCUT2D eigenvalue weighted by atomic mass is 9.83. The van der Waals surface area contributed by atoms with Gasteiger partial charge in [-0.1, -0.05) is 54.2 Å². The Morgan fingerprint density at radius 3 is 2.74 bits per heavy atom. The van der Waals surface area contributed by atoms with Gasteiger partial charge in [0.2, 0.25) is 5.91 Å². The minimum atomic E-state index is -0.401. The lowest BCUT2D eigenvalue weighted by Gasteiger charge is -2.23. The summed E-state index contributed by atoms with van der Waals surface area (Å²) in [6.45, 7) is 3.93. The van der Waals surface area contributed by atoms with Crippen LogP contribution in [-0.4, -0.2) is 33.7 Å². The minimum Gasteiger partial charge on any atom is -0.462 e. The van der Waals surface area contributed by atoms with Crippen LogP contribution in [0.2, 0.25) is 0 Å². The van der Waals surface area contributed by atoms with Gasteiger partial charge in [0, 0.05) is 4.88 Å². The van der Waals surface area contributed by atoms with Gasteiger partial charge < -0.3 is 15.0 Å². The fraction of sp³-hybridized carbons (Fsp3) is 0.296. The number of esters is 1. The summed E-state index contributed by atoms with van der Waals surface area (Å²) < 4.78 is 5.37. The Labute approximate surface area is 212 Å². The molecule has 0 radical (unpaired) electrons. The van der Waals surface area contributed by atoms with Gasteiger partial charge >= 0.3 is 5.97 Å². The highest BCUT2D eigenvalue weighted by molar-refractivity contribution is 8.00. The van der Waals surface area contributed by atoms with Gasteiger partial charge in [-0.3, -0.25) is 4.79 Å². The second-order valence-electron chi connectivity index (χ2n) is 8.59. The van der Waals surface area contributed by atoms with E-state index in [1.807, 2.05) is 37.3 Å². The first-order valence-electron chi connectivity index (χ1n) is 11.8. The lowest BCUT2D eigenvalue weighted by molar-refractivity contribution is -0.115. The molecule has 0 fully saturated rings. The first-order chi connectivity index (χ1) is 17.0. The van der Waals surface area contributed by atoms with Crippen molar-refractivity contribution in [2.45, 2.75) is 49.4 Å². The van der Waals surface area contributed by atoms with Crippen LogP contribution in [-0.2, 0) is 22.4 Å². The number of aromatic amines is 1. The maximum absolute atomic E-state index is 13.1. The maximum atomic E-state index is 13.1. The van der Waals surface area contributed by atoms with E-state index in [0.29, 0.717) is 28.2 Å². The van der Waals surface area contributed by atoms with Crippen molar-refractivity contribution in [1.82, 2.24) is 9.97 Å². The standard InChI is InChI=1S/C27H27N3O3S2/c1-3-33-26(32)23-19-14-13-18(17-9-5-4-6-10-17)15-22(19)35-25(23)30-24(31)16(2)34-27-28-20-11-7-8-12-21(20)29-27/h4-12,16,18H,3,13-15H2,1-2H3,(H,28,29)(H,30,31). The number of para-hydroxylation sites is 2. The van der Waals surface area contributed by atoms with Gasteiger partial charge in [0.15, 0.2) is 5.16 Å². The Hall–Kier alpha value is -3.10. The third kappa shape index (κ3) is 4.99. The molecule has 2 unspecified atom stereocenters. The first kappa shape index (κ1) is 23.6. The zero-order chi connectivity index (χ0) is 24.4. The molecule has 2 aromatic heterocycles. The van der Waals surface area contributed by atoms with Gasteiger partial charge in [-0.25, -0.2) is 9.78 Å².